The predicted molar refractivity (Wildman–Crippen MR) is 64.5 cm³/mol. The van der Waals surface area contributed by atoms with E-state index in [0.717, 1.165) is 0 Å². The minimum absolute atomic E-state index is 0.127. The summed E-state index contributed by atoms with van der Waals surface area (Å²) in [4.78, 5) is 0. The number of aliphatic hydroxyl groups is 4. The SMILES string of the molecule is N#CCCC(OC(CCC#N)C(O)CO)C(O)CO. The highest BCUT2D eigenvalue weighted by molar-refractivity contribution is 4.81. The van der Waals surface area contributed by atoms with Crippen molar-refractivity contribution in [1.82, 2.24) is 0 Å². The first kappa shape index (κ1) is 17.8. The molecule has 0 rings (SSSR count). The molecule has 4 atom stereocenters. The summed E-state index contributed by atoms with van der Waals surface area (Å²) in [6.45, 7) is -1.06. The summed E-state index contributed by atoms with van der Waals surface area (Å²) in [5, 5.41) is 54.0. The van der Waals surface area contributed by atoms with Gasteiger partial charge in [0.1, 0.15) is 12.2 Å². The van der Waals surface area contributed by atoms with E-state index in [4.69, 9.17) is 25.5 Å². The molecular weight excluding hydrogens is 252 g/mol. The second-order valence-electron chi connectivity index (χ2n) is 4.11. The minimum atomic E-state index is -1.18. The summed E-state index contributed by atoms with van der Waals surface area (Å²) in [5.74, 6) is 0. The zero-order valence-electron chi connectivity index (χ0n) is 10.6. The standard InChI is InChI=1S/C12H20N2O5/c13-5-1-3-11(9(17)7-15)19-12(4-2-6-14)10(18)8-16/h9-12,15-18H,1-4,7-8H2. The van der Waals surface area contributed by atoms with Crippen molar-refractivity contribution in [3.63, 3.8) is 0 Å². The summed E-state index contributed by atoms with van der Waals surface area (Å²) in [5.41, 5.74) is 0. The highest BCUT2D eigenvalue weighted by Crippen LogP contribution is 2.16. The molecule has 0 aliphatic carbocycles. The number of aliphatic hydroxyl groups excluding tert-OH is 4. The summed E-state index contributed by atoms with van der Waals surface area (Å²) in [6, 6.07) is 3.80. The van der Waals surface area contributed by atoms with Gasteiger partial charge in [0.15, 0.2) is 0 Å². The molecule has 0 amide bonds. The van der Waals surface area contributed by atoms with E-state index in [1.165, 1.54) is 0 Å². The molecule has 19 heavy (non-hydrogen) atoms. The predicted octanol–water partition coefficient (Wildman–Crippen LogP) is -0.946. The van der Waals surface area contributed by atoms with E-state index in [0.29, 0.717) is 0 Å². The van der Waals surface area contributed by atoms with Gasteiger partial charge in [-0.25, -0.2) is 0 Å². The van der Waals surface area contributed by atoms with Crippen molar-refractivity contribution in [2.45, 2.75) is 50.1 Å². The van der Waals surface area contributed by atoms with Crippen LogP contribution < -0.4 is 0 Å². The van der Waals surface area contributed by atoms with Crippen LogP contribution in [0.25, 0.3) is 0 Å². The van der Waals surface area contributed by atoms with Crippen molar-refractivity contribution in [3.8, 4) is 12.1 Å². The number of hydrogen-bond donors (Lipinski definition) is 4. The van der Waals surface area contributed by atoms with Crippen LogP contribution in [0.2, 0.25) is 0 Å². The van der Waals surface area contributed by atoms with Gasteiger partial charge in [-0.15, -0.1) is 0 Å². The fourth-order valence-electron chi connectivity index (χ4n) is 1.58. The molecule has 7 nitrogen and oxygen atoms in total. The Balaban J connectivity index is 4.62. The van der Waals surface area contributed by atoms with Crippen LogP contribution in [0.15, 0.2) is 0 Å². The van der Waals surface area contributed by atoms with Gasteiger partial charge in [-0.3, -0.25) is 0 Å². The summed E-state index contributed by atoms with van der Waals surface area (Å²) >= 11 is 0. The molecule has 0 radical (unpaired) electrons. The van der Waals surface area contributed by atoms with Crippen molar-refractivity contribution < 1.29 is 25.2 Å². The Bertz CT molecular complexity index is 282. The van der Waals surface area contributed by atoms with Crippen LogP contribution in [-0.4, -0.2) is 58.1 Å². The van der Waals surface area contributed by atoms with Gasteiger partial charge in [0.25, 0.3) is 0 Å². The topological polar surface area (TPSA) is 138 Å². The molecule has 0 bridgehead atoms. The van der Waals surface area contributed by atoms with Crippen LogP contribution >= 0.6 is 0 Å². The molecule has 7 heteroatoms. The van der Waals surface area contributed by atoms with E-state index in [2.05, 4.69) is 0 Å². The molecule has 0 saturated heterocycles. The third kappa shape index (κ3) is 7.06. The summed E-state index contributed by atoms with van der Waals surface area (Å²) in [7, 11) is 0. The lowest BCUT2D eigenvalue weighted by atomic mass is 10.1. The molecule has 0 aromatic carbocycles. The van der Waals surface area contributed by atoms with Crippen LogP contribution in [-0.2, 0) is 4.74 Å². The van der Waals surface area contributed by atoms with Gasteiger partial charge in [-0.2, -0.15) is 10.5 Å². The van der Waals surface area contributed by atoms with E-state index >= 15 is 0 Å². The largest absolute Gasteiger partial charge is 0.394 e. The Hall–Kier alpha value is -1.22. The molecule has 108 valence electrons. The Morgan fingerprint density at radius 1 is 0.842 bits per heavy atom. The van der Waals surface area contributed by atoms with Crippen LogP contribution in [0.1, 0.15) is 25.7 Å². The van der Waals surface area contributed by atoms with E-state index in [-0.39, 0.29) is 25.7 Å². The second kappa shape index (κ2) is 10.7. The van der Waals surface area contributed by atoms with Gasteiger partial charge < -0.3 is 25.2 Å². The molecule has 0 aliphatic rings. The molecule has 0 spiro atoms. The number of nitriles is 2. The summed E-state index contributed by atoms with van der Waals surface area (Å²) < 4.78 is 5.44. The smallest absolute Gasteiger partial charge is 0.103 e. The molecular formula is C12H20N2O5. The second-order valence-corrected chi connectivity index (χ2v) is 4.11. The first-order chi connectivity index (χ1) is 9.10. The maximum Gasteiger partial charge on any atom is 0.103 e. The van der Waals surface area contributed by atoms with E-state index in [1.807, 2.05) is 12.1 Å². The Morgan fingerprint density at radius 3 is 1.47 bits per heavy atom. The normalized spacial score (nSPS) is 16.9. The Morgan fingerprint density at radius 2 is 1.21 bits per heavy atom. The van der Waals surface area contributed by atoms with Crippen molar-refractivity contribution in [2.75, 3.05) is 13.2 Å². The van der Waals surface area contributed by atoms with E-state index in [1.54, 1.807) is 0 Å². The molecule has 0 saturated carbocycles. The van der Waals surface area contributed by atoms with Crippen LogP contribution in [0.4, 0.5) is 0 Å². The summed E-state index contributed by atoms with van der Waals surface area (Å²) in [6.07, 6.45) is -3.36. The van der Waals surface area contributed by atoms with Crippen molar-refractivity contribution in [1.29, 1.82) is 10.5 Å². The number of hydrogen-bond acceptors (Lipinski definition) is 7. The van der Waals surface area contributed by atoms with Gasteiger partial charge in [0.05, 0.1) is 37.6 Å². The fourth-order valence-corrected chi connectivity index (χ4v) is 1.58. The molecule has 0 aromatic heterocycles. The van der Waals surface area contributed by atoms with Crippen molar-refractivity contribution in [2.24, 2.45) is 0 Å². The molecule has 0 fully saturated rings. The fraction of sp³-hybridized carbons (Fsp3) is 0.833. The lowest BCUT2D eigenvalue weighted by Crippen LogP contribution is -2.41. The van der Waals surface area contributed by atoms with Crippen LogP contribution in [0.3, 0.4) is 0 Å². The highest BCUT2D eigenvalue weighted by Gasteiger charge is 2.27. The van der Waals surface area contributed by atoms with E-state index < -0.39 is 37.6 Å². The van der Waals surface area contributed by atoms with Crippen LogP contribution in [0.5, 0.6) is 0 Å². The number of rotatable bonds is 10. The van der Waals surface area contributed by atoms with Gasteiger partial charge in [0, 0.05) is 12.8 Å². The molecule has 0 aliphatic heterocycles. The number of nitrogens with zero attached hydrogens (tertiary/aromatic N) is 2. The van der Waals surface area contributed by atoms with Crippen molar-refractivity contribution in [3.05, 3.63) is 0 Å². The van der Waals surface area contributed by atoms with Gasteiger partial charge >= 0.3 is 0 Å². The average molecular weight is 272 g/mol. The quantitative estimate of drug-likeness (QED) is 0.402. The molecule has 4 N–H and O–H groups in total. The third-order valence-electron chi connectivity index (χ3n) is 2.66. The Labute approximate surface area is 112 Å². The lowest BCUT2D eigenvalue weighted by Gasteiger charge is -2.29. The first-order valence-electron chi connectivity index (χ1n) is 6.07. The third-order valence-corrected chi connectivity index (χ3v) is 2.66. The number of ether oxygens (including phenoxy) is 1. The zero-order valence-corrected chi connectivity index (χ0v) is 10.6. The van der Waals surface area contributed by atoms with Crippen LogP contribution in [0, 0.1) is 22.7 Å². The zero-order chi connectivity index (χ0) is 14.7. The average Bonchev–Trinajstić information content (AvgIpc) is 2.44. The first-order valence-corrected chi connectivity index (χ1v) is 6.07. The Kier molecular flexibility index (Phi) is 9.99. The van der Waals surface area contributed by atoms with Gasteiger partial charge in [0.2, 0.25) is 0 Å². The minimum Gasteiger partial charge on any atom is -0.394 e. The lowest BCUT2D eigenvalue weighted by molar-refractivity contribution is -0.135. The molecule has 4 unspecified atom stereocenters. The molecule has 0 aromatic rings. The maximum absolute atomic E-state index is 9.58. The van der Waals surface area contributed by atoms with Gasteiger partial charge in [-0.1, -0.05) is 0 Å². The van der Waals surface area contributed by atoms with Crippen molar-refractivity contribution >= 4 is 0 Å². The maximum atomic E-state index is 9.58. The van der Waals surface area contributed by atoms with Gasteiger partial charge in [-0.05, 0) is 12.8 Å². The van der Waals surface area contributed by atoms with E-state index in [9.17, 15) is 10.2 Å². The highest BCUT2D eigenvalue weighted by atomic mass is 16.5. The molecule has 0 heterocycles. The monoisotopic (exact) mass is 272 g/mol.